The lowest BCUT2D eigenvalue weighted by molar-refractivity contribution is -0.123. The van der Waals surface area contributed by atoms with Gasteiger partial charge in [0.1, 0.15) is 27.8 Å². The molecular weight excluding hydrogens is 439 g/mol. The van der Waals surface area contributed by atoms with Crippen LogP contribution in [0.1, 0.15) is 17.2 Å². The highest BCUT2D eigenvalue weighted by atomic mass is 32.2. The third-order valence-corrected chi connectivity index (χ3v) is 6.58. The Hall–Kier alpha value is -3.21. The van der Waals surface area contributed by atoms with E-state index in [1.165, 1.54) is 18.2 Å². The van der Waals surface area contributed by atoms with E-state index in [-0.39, 0.29) is 22.8 Å². The van der Waals surface area contributed by atoms with Gasteiger partial charge in [0.2, 0.25) is 15.9 Å². The molecule has 31 heavy (non-hydrogen) atoms. The van der Waals surface area contributed by atoms with Gasteiger partial charge in [0.05, 0.1) is 11.7 Å². The van der Waals surface area contributed by atoms with Crippen molar-refractivity contribution in [2.45, 2.75) is 17.5 Å². The van der Waals surface area contributed by atoms with Crippen LogP contribution in [-0.4, -0.2) is 23.1 Å². The Morgan fingerprint density at radius 1 is 0.968 bits per heavy atom. The molecule has 1 heterocycles. The van der Waals surface area contributed by atoms with Gasteiger partial charge in [0, 0.05) is 6.54 Å². The number of nitrogens with one attached hydrogen (secondary N) is 2. The van der Waals surface area contributed by atoms with Crippen molar-refractivity contribution in [1.29, 1.82) is 0 Å². The van der Waals surface area contributed by atoms with E-state index >= 15 is 0 Å². The molecule has 0 bridgehead atoms. The number of sulfonamides is 1. The Balaban J connectivity index is 1.61. The molecule has 0 aliphatic heterocycles. The predicted molar refractivity (Wildman–Crippen MR) is 115 cm³/mol. The van der Waals surface area contributed by atoms with Crippen molar-refractivity contribution in [3.63, 3.8) is 0 Å². The van der Waals surface area contributed by atoms with Gasteiger partial charge in [0.25, 0.3) is 0 Å². The number of amides is 1. The average Bonchev–Trinajstić information content (AvgIpc) is 3.26. The molecule has 1 atom stereocenters. The monoisotopic (exact) mass is 456 g/mol. The number of halogens is 1. The van der Waals surface area contributed by atoms with Gasteiger partial charge in [0.15, 0.2) is 0 Å². The summed E-state index contributed by atoms with van der Waals surface area (Å²) < 4.78 is 50.0. The zero-order valence-corrected chi connectivity index (χ0v) is 17.7. The van der Waals surface area contributed by atoms with Crippen LogP contribution in [0.15, 0.2) is 77.7 Å². The van der Waals surface area contributed by atoms with Crippen molar-refractivity contribution < 1.29 is 17.6 Å². The fraction of sp³-hybridized carbons (Fsp3) is 0.0952. The third kappa shape index (κ3) is 4.76. The Morgan fingerprint density at radius 2 is 1.71 bits per heavy atom. The van der Waals surface area contributed by atoms with Gasteiger partial charge < -0.3 is 5.32 Å². The average molecular weight is 457 g/mol. The van der Waals surface area contributed by atoms with E-state index in [9.17, 15) is 17.6 Å². The number of nitrogens with zero attached hydrogens (tertiary/aromatic N) is 2. The minimum absolute atomic E-state index is 0.0500. The van der Waals surface area contributed by atoms with Crippen LogP contribution in [0.4, 0.5) is 4.39 Å². The van der Waals surface area contributed by atoms with Crippen molar-refractivity contribution in [1.82, 2.24) is 18.8 Å². The zero-order valence-electron chi connectivity index (χ0n) is 16.0. The van der Waals surface area contributed by atoms with E-state index in [0.717, 1.165) is 11.7 Å². The fourth-order valence-electron chi connectivity index (χ4n) is 3.03. The largest absolute Gasteiger partial charge is 0.350 e. The first-order valence-electron chi connectivity index (χ1n) is 9.25. The quantitative estimate of drug-likeness (QED) is 0.445. The molecule has 0 unspecified atom stereocenters. The van der Waals surface area contributed by atoms with Crippen molar-refractivity contribution in [3.8, 4) is 0 Å². The SMILES string of the molecule is O=C(NCc1ccc(F)cc1)[C@@H](NS(=O)(=O)c1cccc2nsnc12)c1ccccc1. The Morgan fingerprint density at radius 3 is 2.45 bits per heavy atom. The van der Waals surface area contributed by atoms with Crippen LogP contribution in [0, 0.1) is 5.82 Å². The third-order valence-electron chi connectivity index (χ3n) is 4.59. The Labute approximate surface area is 182 Å². The van der Waals surface area contributed by atoms with Crippen molar-refractivity contribution in [3.05, 3.63) is 89.7 Å². The van der Waals surface area contributed by atoms with E-state index in [1.807, 2.05) is 0 Å². The number of hydrogen-bond donors (Lipinski definition) is 2. The zero-order chi connectivity index (χ0) is 21.8. The van der Waals surface area contributed by atoms with Gasteiger partial charge in [-0.3, -0.25) is 4.79 Å². The summed E-state index contributed by atoms with van der Waals surface area (Å²) in [6, 6.07) is 17.7. The fourth-order valence-corrected chi connectivity index (χ4v) is 4.98. The number of rotatable bonds is 7. The van der Waals surface area contributed by atoms with E-state index in [2.05, 4.69) is 18.8 Å². The smallest absolute Gasteiger partial charge is 0.243 e. The standard InChI is InChI=1S/C21H17FN4O3S2/c22-16-11-9-14(10-12-16)13-23-21(27)19(15-5-2-1-3-6-15)26-31(28,29)18-8-4-7-17-20(18)25-30-24-17/h1-12,19,26H,13H2,(H,23,27)/t19-/m0/s1. The Bertz CT molecular complexity index is 1310. The molecule has 10 heteroatoms. The summed E-state index contributed by atoms with van der Waals surface area (Å²) >= 11 is 0.913. The highest BCUT2D eigenvalue weighted by molar-refractivity contribution is 7.89. The maximum atomic E-state index is 13.1. The molecule has 4 rings (SSSR count). The van der Waals surface area contributed by atoms with Crippen molar-refractivity contribution in [2.75, 3.05) is 0 Å². The minimum atomic E-state index is -4.09. The second kappa shape index (κ2) is 8.88. The first kappa shape index (κ1) is 21.0. The topological polar surface area (TPSA) is 101 Å². The first-order chi connectivity index (χ1) is 14.9. The minimum Gasteiger partial charge on any atom is -0.350 e. The summed E-state index contributed by atoms with van der Waals surface area (Å²) in [4.78, 5) is 12.9. The van der Waals surface area contributed by atoms with Gasteiger partial charge >= 0.3 is 0 Å². The first-order valence-corrected chi connectivity index (χ1v) is 11.5. The van der Waals surface area contributed by atoms with Crippen LogP contribution in [0.5, 0.6) is 0 Å². The lowest BCUT2D eigenvalue weighted by Gasteiger charge is -2.19. The second-order valence-electron chi connectivity index (χ2n) is 6.70. The molecule has 0 aliphatic rings. The van der Waals surface area contributed by atoms with Gasteiger partial charge in [-0.05, 0) is 35.4 Å². The van der Waals surface area contributed by atoms with Gasteiger partial charge in [-0.15, -0.1) is 0 Å². The Kier molecular flexibility index (Phi) is 6.03. The van der Waals surface area contributed by atoms with E-state index in [1.54, 1.807) is 54.6 Å². The normalized spacial score (nSPS) is 12.5. The summed E-state index contributed by atoms with van der Waals surface area (Å²) in [6.45, 7) is 0.121. The molecule has 2 N–H and O–H groups in total. The molecule has 1 aromatic heterocycles. The molecule has 0 spiro atoms. The van der Waals surface area contributed by atoms with Crippen LogP contribution in [-0.2, 0) is 21.4 Å². The number of carbonyl (C=O) groups is 1. The molecule has 158 valence electrons. The molecular formula is C21H17FN4O3S2. The van der Waals surface area contributed by atoms with E-state index in [4.69, 9.17) is 0 Å². The molecule has 7 nitrogen and oxygen atoms in total. The van der Waals surface area contributed by atoms with E-state index < -0.39 is 22.0 Å². The molecule has 1 amide bonds. The lowest BCUT2D eigenvalue weighted by atomic mass is 10.1. The van der Waals surface area contributed by atoms with Gasteiger partial charge in [-0.1, -0.05) is 48.5 Å². The van der Waals surface area contributed by atoms with Crippen LogP contribution in [0.2, 0.25) is 0 Å². The van der Waals surface area contributed by atoms with Crippen LogP contribution >= 0.6 is 11.7 Å². The number of benzene rings is 3. The summed E-state index contributed by atoms with van der Waals surface area (Å²) in [5.74, 6) is -0.918. The molecule has 0 fully saturated rings. The van der Waals surface area contributed by atoms with Crippen molar-refractivity contribution in [2.24, 2.45) is 0 Å². The summed E-state index contributed by atoms with van der Waals surface area (Å²) in [6.07, 6.45) is 0. The molecule has 4 aromatic rings. The summed E-state index contributed by atoms with van der Waals surface area (Å²) in [7, 11) is -4.09. The maximum Gasteiger partial charge on any atom is 0.243 e. The maximum absolute atomic E-state index is 13.1. The molecule has 0 saturated heterocycles. The van der Waals surface area contributed by atoms with Crippen LogP contribution in [0.3, 0.4) is 0 Å². The predicted octanol–water partition coefficient (Wildman–Crippen LogP) is 3.17. The number of fused-ring (bicyclic) bond motifs is 1. The number of aromatic nitrogens is 2. The van der Waals surface area contributed by atoms with Crippen LogP contribution in [0.25, 0.3) is 11.0 Å². The van der Waals surface area contributed by atoms with Gasteiger partial charge in [-0.25, -0.2) is 12.8 Å². The summed E-state index contributed by atoms with van der Waals surface area (Å²) in [5.41, 5.74) is 1.87. The number of hydrogen-bond acceptors (Lipinski definition) is 6. The highest BCUT2D eigenvalue weighted by Crippen LogP contribution is 2.24. The number of carbonyl (C=O) groups excluding carboxylic acids is 1. The van der Waals surface area contributed by atoms with E-state index in [0.29, 0.717) is 16.6 Å². The second-order valence-corrected chi connectivity index (χ2v) is 8.91. The highest BCUT2D eigenvalue weighted by Gasteiger charge is 2.29. The van der Waals surface area contributed by atoms with Crippen molar-refractivity contribution >= 4 is 38.7 Å². The van der Waals surface area contributed by atoms with Crippen LogP contribution < -0.4 is 10.0 Å². The molecule has 0 radical (unpaired) electrons. The molecule has 0 aliphatic carbocycles. The summed E-state index contributed by atoms with van der Waals surface area (Å²) in [5, 5.41) is 2.71. The molecule has 0 saturated carbocycles. The van der Waals surface area contributed by atoms with Gasteiger partial charge in [-0.2, -0.15) is 13.5 Å². The molecule has 3 aromatic carbocycles. The lowest BCUT2D eigenvalue weighted by Crippen LogP contribution is -2.40.